The van der Waals surface area contributed by atoms with Gasteiger partial charge in [0.2, 0.25) is 0 Å². The lowest BCUT2D eigenvalue weighted by Gasteiger charge is -2.32. The van der Waals surface area contributed by atoms with E-state index in [1.165, 1.54) is 25.9 Å². The molecular weight excluding hydrogens is 220 g/mol. The van der Waals surface area contributed by atoms with Gasteiger partial charge in [-0.1, -0.05) is 41.5 Å². The van der Waals surface area contributed by atoms with Gasteiger partial charge in [0.15, 0.2) is 0 Å². The van der Waals surface area contributed by atoms with Gasteiger partial charge in [-0.15, -0.1) is 0 Å². The molecule has 0 aromatic carbocycles. The lowest BCUT2D eigenvalue weighted by atomic mass is 10.1. The average molecular weight is 256 g/mol. The van der Waals surface area contributed by atoms with Gasteiger partial charge in [0.05, 0.1) is 0 Å². The highest BCUT2D eigenvalue weighted by atomic mass is 15.2. The van der Waals surface area contributed by atoms with Crippen LogP contribution in [0.25, 0.3) is 0 Å². The molecule has 0 bridgehead atoms. The molecule has 2 nitrogen and oxygen atoms in total. The van der Waals surface area contributed by atoms with Crippen LogP contribution in [0.1, 0.15) is 61.3 Å². The third kappa shape index (κ3) is 7.38. The zero-order chi connectivity index (χ0) is 14.1. The van der Waals surface area contributed by atoms with Crippen molar-refractivity contribution in [2.45, 2.75) is 73.4 Å². The summed E-state index contributed by atoms with van der Waals surface area (Å²) in [5.41, 5.74) is 0. The van der Waals surface area contributed by atoms with E-state index in [1.54, 1.807) is 0 Å². The molecule has 0 aromatic rings. The van der Waals surface area contributed by atoms with Crippen molar-refractivity contribution in [2.24, 2.45) is 11.8 Å². The summed E-state index contributed by atoms with van der Waals surface area (Å²) in [4.78, 5) is 2.67. The third-order valence-corrected chi connectivity index (χ3v) is 3.92. The van der Waals surface area contributed by atoms with Crippen molar-refractivity contribution in [3.05, 3.63) is 0 Å². The fourth-order valence-corrected chi connectivity index (χ4v) is 2.37. The predicted octanol–water partition coefficient (Wildman–Crippen LogP) is 3.77. The molecule has 0 aromatic heterocycles. The SMILES string of the molecule is CCC(CC)N(CCNC(C)C(C)C)CC(C)C. The Bertz CT molecular complexity index is 186. The molecule has 0 fully saturated rings. The highest BCUT2D eigenvalue weighted by Gasteiger charge is 2.16. The van der Waals surface area contributed by atoms with Crippen molar-refractivity contribution in [3.8, 4) is 0 Å². The molecule has 1 unspecified atom stereocenters. The lowest BCUT2D eigenvalue weighted by molar-refractivity contribution is 0.164. The maximum Gasteiger partial charge on any atom is 0.0110 e. The Kier molecular flexibility index (Phi) is 9.76. The molecule has 0 aliphatic heterocycles. The Balaban J connectivity index is 4.16. The molecule has 110 valence electrons. The molecule has 0 saturated heterocycles. The first kappa shape index (κ1) is 17.9. The number of nitrogens with zero attached hydrogens (tertiary/aromatic N) is 1. The van der Waals surface area contributed by atoms with Gasteiger partial charge < -0.3 is 5.32 Å². The molecule has 0 aliphatic carbocycles. The van der Waals surface area contributed by atoms with E-state index in [9.17, 15) is 0 Å². The molecule has 0 rings (SSSR count). The van der Waals surface area contributed by atoms with Crippen LogP contribution < -0.4 is 5.32 Å². The summed E-state index contributed by atoms with van der Waals surface area (Å²) in [7, 11) is 0. The largest absolute Gasteiger partial charge is 0.313 e. The minimum absolute atomic E-state index is 0.618. The molecule has 0 spiro atoms. The van der Waals surface area contributed by atoms with Gasteiger partial charge in [0, 0.05) is 31.7 Å². The second-order valence-corrected chi connectivity index (χ2v) is 6.35. The van der Waals surface area contributed by atoms with E-state index in [1.807, 2.05) is 0 Å². The summed E-state index contributed by atoms with van der Waals surface area (Å²) in [5.74, 6) is 1.48. The zero-order valence-corrected chi connectivity index (χ0v) is 13.8. The molecule has 0 heterocycles. The smallest absolute Gasteiger partial charge is 0.0110 e. The van der Waals surface area contributed by atoms with Crippen LogP contribution in [0.5, 0.6) is 0 Å². The average Bonchev–Trinajstić information content (AvgIpc) is 2.29. The first-order chi connectivity index (χ1) is 8.42. The number of hydrogen-bond acceptors (Lipinski definition) is 2. The van der Waals surface area contributed by atoms with Crippen LogP contribution in [0.4, 0.5) is 0 Å². The van der Waals surface area contributed by atoms with Crippen LogP contribution in [-0.4, -0.2) is 36.6 Å². The molecule has 2 heteroatoms. The summed E-state index contributed by atoms with van der Waals surface area (Å²) in [6.07, 6.45) is 2.53. The maximum atomic E-state index is 3.65. The fraction of sp³-hybridized carbons (Fsp3) is 1.00. The first-order valence-electron chi connectivity index (χ1n) is 7.89. The summed E-state index contributed by atoms with van der Waals surface area (Å²) < 4.78 is 0. The molecule has 1 atom stereocenters. The summed E-state index contributed by atoms with van der Waals surface area (Å²) in [6.45, 7) is 19.6. The van der Waals surface area contributed by atoms with Crippen molar-refractivity contribution >= 4 is 0 Å². The van der Waals surface area contributed by atoms with Crippen LogP contribution in [-0.2, 0) is 0 Å². The summed E-state index contributed by atoms with van der Waals surface area (Å²) in [6, 6.07) is 1.37. The second kappa shape index (κ2) is 9.80. The van der Waals surface area contributed by atoms with Crippen molar-refractivity contribution in [2.75, 3.05) is 19.6 Å². The first-order valence-corrected chi connectivity index (χ1v) is 7.89. The van der Waals surface area contributed by atoms with Gasteiger partial charge in [0.25, 0.3) is 0 Å². The van der Waals surface area contributed by atoms with Crippen LogP contribution in [0.15, 0.2) is 0 Å². The zero-order valence-electron chi connectivity index (χ0n) is 13.8. The monoisotopic (exact) mass is 256 g/mol. The quantitative estimate of drug-likeness (QED) is 0.640. The van der Waals surface area contributed by atoms with Gasteiger partial charge in [-0.05, 0) is 31.6 Å². The standard InChI is InChI=1S/C16H36N2/c1-8-16(9-2)18(12-13(3)4)11-10-17-15(7)14(5)6/h13-17H,8-12H2,1-7H3. The van der Waals surface area contributed by atoms with E-state index in [0.717, 1.165) is 24.4 Å². The van der Waals surface area contributed by atoms with Gasteiger partial charge in [-0.2, -0.15) is 0 Å². The maximum absolute atomic E-state index is 3.65. The van der Waals surface area contributed by atoms with Crippen molar-refractivity contribution < 1.29 is 0 Å². The highest BCUT2D eigenvalue weighted by molar-refractivity contribution is 4.73. The minimum atomic E-state index is 0.618. The number of hydrogen-bond donors (Lipinski definition) is 1. The molecule has 0 amide bonds. The number of nitrogens with one attached hydrogen (secondary N) is 1. The van der Waals surface area contributed by atoms with Crippen LogP contribution in [0.3, 0.4) is 0 Å². The van der Waals surface area contributed by atoms with Gasteiger partial charge in [-0.3, -0.25) is 4.90 Å². The van der Waals surface area contributed by atoms with Crippen molar-refractivity contribution in [1.29, 1.82) is 0 Å². The normalized spacial score (nSPS) is 14.2. The molecular formula is C16H36N2. The van der Waals surface area contributed by atoms with Crippen LogP contribution in [0.2, 0.25) is 0 Å². The Hall–Kier alpha value is -0.0800. The topological polar surface area (TPSA) is 15.3 Å². The highest BCUT2D eigenvalue weighted by Crippen LogP contribution is 2.11. The van der Waals surface area contributed by atoms with Crippen LogP contribution >= 0.6 is 0 Å². The van der Waals surface area contributed by atoms with Crippen molar-refractivity contribution in [1.82, 2.24) is 10.2 Å². The Labute approximate surface area is 116 Å². The molecule has 0 aliphatic rings. The Morgan fingerprint density at radius 1 is 0.944 bits per heavy atom. The van der Waals surface area contributed by atoms with Gasteiger partial charge >= 0.3 is 0 Å². The Morgan fingerprint density at radius 3 is 1.89 bits per heavy atom. The second-order valence-electron chi connectivity index (χ2n) is 6.35. The summed E-state index contributed by atoms with van der Waals surface area (Å²) >= 11 is 0. The Morgan fingerprint density at radius 2 is 1.50 bits per heavy atom. The molecule has 1 N–H and O–H groups in total. The lowest BCUT2D eigenvalue weighted by Crippen LogP contribution is -2.43. The minimum Gasteiger partial charge on any atom is -0.313 e. The van der Waals surface area contributed by atoms with E-state index < -0.39 is 0 Å². The van der Waals surface area contributed by atoms with E-state index >= 15 is 0 Å². The summed E-state index contributed by atoms with van der Waals surface area (Å²) in [5, 5.41) is 3.65. The molecule has 18 heavy (non-hydrogen) atoms. The number of rotatable bonds is 10. The van der Waals surface area contributed by atoms with E-state index in [2.05, 4.69) is 58.7 Å². The fourth-order valence-electron chi connectivity index (χ4n) is 2.37. The molecule has 0 saturated carbocycles. The van der Waals surface area contributed by atoms with Gasteiger partial charge in [0.1, 0.15) is 0 Å². The van der Waals surface area contributed by atoms with E-state index in [4.69, 9.17) is 0 Å². The molecule has 0 radical (unpaired) electrons. The van der Waals surface area contributed by atoms with E-state index in [0.29, 0.717) is 6.04 Å². The van der Waals surface area contributed by atoms with Gasteiger partial charge in [-0.25, -0.2) is 0 Å². The third-order valence-electron chi connectivity index (χ3n) is 3.92. The van der Waals surface area contributed by atoms with E-state index in [-0.39, 0.29) is 0 Å². The van der Waals surface area contributed by atoms with Crippen molar-refractivity contribution in [3.63, 3.8) is 0 Å². The van der Waals surface area contributed by atoms with Crippen LogP contribution in [0, 0.1) is 11.8 Å². The predicted molar refractivity (Wildman–Crippen MR) is 83.1 cm³/mol.